The Balaban J connectivity index is 0.722. The molecule has 5 heterocycles. The number of imidazole rings is 1. The number of thiazole rings is 2. The van der Waals surface area contributed by atoms with Crippen molar-refractivity contribution in [3.05, 3.63) is 102 Å². The average molecular weight is 1020 g/mol. The van der Waals surface area contributed by atoms with Crippen LogP contribution in [0.2, 0.25) is 0 Å². The maximum atomic E-state index is 14.0. The summed E-state index contributed by atoms with van der Waals surface area (Å²) in [5.41, 5.74) is 7.14. The third kappa shape index (κ3) is 12.8. The van der Waals surface area contributed by atoms with Crippen LogP contribution >= 0.6 is 22.7 Å². The van der Waals surface area contributed by atoms with Gasteiger partial charge in [0.05, 0.1) is 64.5 Å². The Kier molecular flexibility index (Phi) is 16.0. The number of nitrogens with zero attached hydrogens (tertiary/aromatic N) is 5. The van der Waals surface area contributed by atoms with Crippen LogP contribution in [0.15, 0.2) is 89.0 Å². The number of fused-ring (bicyclic) bond motifs is 3. The maximum Gasteiger partial charge on any atom is 0.324 e. The molecule has 380 valence electrons. The van der Waals surface area contributed by atoms with E-state index in [1.807, 2.05) is 131 Å². The fourth-order valence-electron chi connectivity index (χ4n) is 8.12. The lowest BCUT2D eigenvalue weighted by molar-refractivity contribution is -0.144. The minimum absolute atomic E-state index is 0.00854. The van der Waals surface area contributed by atoms with E-state index in [0.29, 0.717) is 42.8 Å². The number of nitrogens with one attached hydrogen (secondary N) is 4. The molecule has 8 rings (SSSR count). The van der Waals surface area contributed by atoms with Gasteiger partial charge in [0.15, 0.2) is 10.8 Å². The number of urea groups is 1. The van der Waals surface area contributed by atoms with Crippen LogP contribution in [0.3, 0.4) is 0 Å². The highest BCUT2D eigenvalue weighted by atomic mass is 32.1. The highest BCUT2D eigenvalue weighted by molar-refractivity contribution is 7.23. The minimum Gasteiger partial charge on any atom is -0.491 e. The van der Waals surface area contributed by atoms with Gasteiger partial charge in [-0.05, 0) is 53.8 Å². The van der Waals surface area contributed by atoms with Crippen LogP contribution in [-0.2, 0) is 35.8 Å². The molecule has 18 nitrogen and oxygen atoms in total. The van der Waals surface area contributed by atoms with E-state index in [1.165, 1.54) is 4.90 Å². The molecule has 1 aliphatic heterocycles. The third-order valence-electron chi connectivity index (χ3n) is 12.0. The van der Waals surface area contributed by atoms with Gasteiger partial charge in [-0.2, -0.15) is 0 Å². The molecule has 0 bridgehead atoms. The van der Waals surface area contributed by atoms with Crippen molar-refractivity contribution in [2.24, 2.45) is 5.41 Å². The number of amides is 5. The van der Waals surface area contributed by atoms with Gasteiger partial charge in [-0.1, -0.05) is 94.4 Å². The Morgan fingerprint density at radius 3 is 2.31 bits per heavy atom. The van der Waals surface area contributed by atoms with Gasteiger partial charge in [-0.3, -0.25) is 24.1 Å². The van der Waals surface area contributed by atoms with Gasteiger partial charge in [0.1, 0.15) is 30.2 Å². The van der Waals surface area contributed by atoms with Gasteiger partial charge >= 0.3 is 6.03 Å². The van der Waals surface area contributed by atoms with E-state index in [9.17, 15) is 24.3 Å². The fraction of sp³-hybridized carbons (Fsp3) is 0.404. The highest BCUT2D eigenvalue weighted by Gasteiger charge is 2.44. The van der Waals surface area contributed by atoms with Crippen molar-refractivity contribution in [1.82, 2.24) is 35.1 Å². The smallest absolute Gasteiger partial charge is 0.324 e. The average Bonchev–Trinajstić information content (AvgIpc) is 4.19. The lowest BCUT2D eigenvalue weighted by Gasteiger charge is -2.35. The molecule has 1 aliphatic rings. The van der Waals surface area contributed by atoms with Crippen LogP contribution in [0.1, 0.15) is 71.4 Å². The quantitative estimate of drug-likeness (QED) is 0.0484. The third-order valence-corrected chi connectivity index (χ3v) is 14.0. The molecular weight excluding hydrogens is 959 g/mol. The predicted octanol–water partition coefficient (Wildman–Crippen LogP) is 8.19. The van der Waals surface area contributed by atoms with Crippen LogP contribution in [0, 0.1) is 12.3 Å². The van der Waals surface area contributed by atoms with Gasteiger partial charge in [-0.15, -0.1) is 11.3 Å². The number of benzene rings is 3. The molecule has 3 atom stereocenters. The van der Waals surface area contributed by atoms with Crippen molar-refractivity contribution >= 4 is 73.1 Å². The number of ether oxygens (including phenoxy) is 3. The number of likely N-dealkylation sites (tertiary alicyclic amines) is 1. The van der Waals surface area contributed by atoms with Crippen LogP contribution in [0.4, 0.5) is 16.3 Å². The highest BCUT2D eigenvalue weighted by Crippen LogP contribution is 2.33. The van der Waals surface area contributed by atoms with Crippen molar-refractivity contribution in [3.8, 4) is 27.4 Å². The molecule has 0 aliphatic carbocycles. The first-order valence-electron chi connectivity index (χ1n) is 23.8. The summed E-state index contributed by atoms with van der Waals surface area (Å²) in [4.78, 5) is 65.6. The summed E-state index contributed by atoms with van der Waals surface area (Å²) in [5.74, 6) is 0.562. The van der Waals surface area contributed by atoms with Crippen LogP contribution in [0.25, 0.3) is 36.9 Å². The summed E-state index contributed by atoms with van der Waals surface area (Å²) in [6, 6.07) is 20.7. The first-order chi connectivity index (χ1) is 34.4. The maximum absolute atomic E-state index is 14.0. The number of hydrogen-bond donors (Lipinski definition) is 5. The molecule has 3 unspecified atom stereocenters. The molecule has 72 heavy (non-hydrogen) atoms. The summed E-state index contributed by atoms with van der Waals surface area (Å²) in [5, 5.41) is 25.8. The molecular formula is C52H61N9O9S2. The molecule has 5 N–H and O–H groups in total. The number of carbonyl (C=O) groups excluding carboxylic acids is 4. The zero-order chi connectivity index (χ0) is 51.2. The Bertz CT molecular complexity index is 3000. The Morgan fingerprint density at radius 2 is 1.61 bits per heavy atom. The number of aryl methyl sites for hydroxylation is 1. The second-order valence-electron chi connectivity index (χ2n) is 19.8. The van der Waals surface area contributed by atoms with Gasteiger partial charge in [0.25, 0.3) is 0 Å². The van der Waals surface area contributed by atoms with Crippen molar-refractivity contribution in [2.75, 3.05) is 50.2 Å². The van der Waals surface area contributed by atoms with E-state index < -0.39 is 35.5 Å². The lowest BCUT2D eigenvalue weighted by atomic mass is 9.85. The number of aromatic nitrogens is 4. The zero-order valence-electron chi connectivity index (χ0n) is 41.4. The number of anilines is 2. The molecule has 7 aromatic rings. The molecule has 0 spiro atoms. The largest absolute Gasteiger partial charge is 0.491 e. The van der Waals surface area contributed by atoms with E-state index >= 15 is 0 Å². The SMILES string of the molecule is Cc1ncsc1-c1ccc(CNC(=O)C2CC(O)CN2C(=O)C(NC(=O)CCOCCOCCOc2ccc3c(c2)sc2nc(-c4ccc(NC(=O)Nc5cc(C(C)(C)C)on5)cc4)cn23)C(C)(C)C)cc1. The number of aliphatic hydroxyl groups excluding tert-OH is 1. The standard InChI is InChI=1S/C52H61N9O9S2/c1-31-45(71-30-54-31)34-10-8-32(9-11-34)27-53-47(64)40-24-36(62)28-60(40)48(65)46(52(5,6)7)58-44(63)18-19-67-20-21-68-22-23-69-37-16-17-39-41(25-37)72-50-56-38(29-61(39)50)33-12-14-35(15-13-33)55-49(66)57-43-26-42(70-59-43)51(2,3)4/h8-17,25-26,29-30,36,40,46,62H,18-24,27-28H2,1-7H3,(H,53,64)(H,58,63)(H2,55,57,59,66). The molecule has 4 aromatic heterocycles. The molecule has 3 aromatic carbocycles. The van der Waals surface area contributed by atoms with Crippen LogP contribution in [0.5, 0.6) is 5.75 Å². The van der Waals surface area contributed by atoms with Crippen LogP contribution in [-0.4, -0.2) is 111 Å². The number of rotatable bonds is 19. The molecule has 0 saturated carbocycles. The summed E-state index contributed by atoms with van der Waals surface area (Å²) in [6.45, 7) is 15.1. The van der Waals surface area contributed by atoms with Gasteiger partial charge in [0, 0.05) is 54.9 Å². The van der Waals surface area contributed by atoms with Gasteiger partial charge in [-0.25, -0.2) is 14.8 Å². The van der Waals surface area contributed by atoms with Crippen molar-refractivity contribution < 1.29 is 43.0 Å². The fourth-order valence-corrected chi connectivity index (χ4v) is 9.97. The van der Waals surface area contributed by atoms with E-state index in [4.69, 9.17) is 23.7 Å². The molecule has 1 saturated heterocycles. The first-order valence-corrected chi connectivity index (χ1v) is 25.5. The monoisotopic (exact) mass is 1020 g/mol. The van der Waals surface area contributed by atoms with Gasteiger partial charge in [0.2, 0.25) is 17.7 Å². The zero-order valence-corrected chi connectivity index (χ0v) is 43.1. The number of aliphatic hydroxyl groups is 1. The lowest BCUT2D eigenvalue weighted by Crippen LogP contribution is -2.57. The van der Waals surface area contributed by atoms with E-state index in [-0.39, 0.29) is 56.4 Å². The summed E-state index contributed by atoms with van der Waals surface area (Å²) in [6.07, 6.45) is 1.24. The van der Waals surface area contributed by atoms with Crippen molar-refractivity contribution in [1.29, 1.82) is 0 Å². The number of β-amino-alcohol motifs (C(OH)–C–C–N with tert-alkyl or cyclic N) is 1. The predicted molar refractivity (Wildman–Crippen MR) is 277 cm³/mol. The van der Waals surface area contributed by atoms with Crippen LogP contribution < -0.4 is 26.0 Å². The van der Waals surface area contributed by atoms with Crippen molar-refractivity contribution in [3.63, 3.8) is 0 Å². The molecule has 1 fully saturated rings. The normalized spacial score (nSPS) is 15.5. The summed E-state index contributed by atoms with van der Waals surface area (Å²) < 4.78 is 25.7. The second kappa shape index (κ2) is 22.4. The molecule has 5 amide bonds. The molecule has 20 heteroatoms. The molecule has 0 radical (unpaired) electrons. The second-order valence-corrected chi connectivity index (χ2v) is 21.6. The van der Waals surface area contributed by atoms with E-state index in [1.54, 1.807) is 28.7 Å². The Labute approximate surface area is 425 Å². The van der Waals surface area contributed by atoms with E-state index in [2.05, 4.69) is 31.4 Å². The summed E-state index contributed by atoms with van der Waals surface area (Å²) >= 11 is 3.12. The minimum atomic E-state index is -0.936. The first kappa shape index (κ1) is 51.6. The van der Waals surface area contributed by atoms with E-state index in [0.717, 1.165) is 48.1 Å². The van der Waals surface area contributed by atoms with Gasteiger partial charge < -0.3 is 44.7 Å². The topological polar surface area (TPSA) is 224 Å². The number of hydrogen-bond acceptors (Lipinski definition) is 14. The summed E-state index contributed by atoms with van der Waals surface area (Å²) in [7, 11) is 0. The Morgan fingerprint density at radius 1 is 0.889 bits per heavy atom. The Hall–Kier alpha value is -6.71. The van der Waals surface area contributed by atoms with Crippen molar-refractivity contribution in [2.45, 2.75) is 91.5 Å². The number of carbonyl (C=O) groups is 4.